The molecule has 0 spiro atoms. The fraction of sp³-hybridized carbons (Fsp3) is 0.737. The summed E-state index contributed by atoms with van der Waals surface area (Å²) in [6.45, 7) is 0. The summed E-state index contributed by atoms with van der Waals surface area (Å²) < 4.78 is 2.06. The molecule has 0 unspecified atom stereocenters. The van der Waals surface area contributed by atoms with Crippen molar-refractivity contribution in [2.45, 2.75) is 81.2 Å². The highest BCUT2D eigenvalue weighted by atomic mass is 32.2. The van der Waals surface area contributed by atoms with Crippen molar-refractivity contribution >= 4 is 34.1 Å². The van der Waals surface area contributed by atoms with E-state index in [4.69, 9.17) is 0 Å². The molecule has 0 aliphatic heterocycles. The van der Waals surface area contributed by atoms with Crippen molar-refractivity contribution in [1.29, 1.82) is 0 Å². The Bertz CT molecular complexity index is 792. The quantitative estimate of drug-likeness (QED) is 0.693. The van der Waals surface area contributed by atoms with Crippen molar-refractivity contribution in [3.05, 3.63) is 10.8 Å². The minimum absolute atomic E-state index is 0.0708. The van der Waals surface area contributed by atoms with Crippen molar-refractivity contribution in [3.8, 4) is 0 Å². The molecule has 1 N–H and O–H groups in total. The van der Waals surface area contributed by atoms with Gasteiger partial charge in [-0.05, 0) is 25.7 Å². The van der Waals surface area contributed by atoms with E-state index in [1.54, 1.807) is 0 Å². The van der Waals surface area contributed by atoms with E-state index in [9.17, 15) is 4.79 Å². The van der Waals surface area contributed by atoms with Gasteiger partial charge in [0.1, 0.15) is 10.8 Å². The molecule has 9 heteroatoms. The molecule has 152 valence electrons. The number of rotatable bonds is 6. The molecule has 7 nitrogen and oxygen atoms in total. The van der Waals surface area contributed by atoms with E-state index in [0.29, 0.717) is 22.7 Å². The van der Waals surface area contributed by atoms with Crippen LogP contribution in [0.3, 0.4) is 0 Å². The van der Waals surface area contributed by atoms with Crippen LogP contribution >= 0.6 is 23.1 Å². The minimum Gasteiger partial charge on any atom is -0.309 e. The van der Waals surface area contributed by atoms with E-state index in [1.807, 2.05) is 7.05 Å². The third-order valence-electron chi connectivity index (χ3n) is 5.81. The highest BCUT2D eigenvalue weighted by molar-refractivity contribution is 7.99. The van der Waals surface area contributed by atoms with Gasteiger partial charge in [-0.3, -0.25) is 10.1 Å². The van der Waals surface area contributed by atoms with Crippen molar-refractivity contribution in [2.75, 3.05) is 11.1 Å². The molecule has 2 aliphatic carbocycles. The molecule has 2 aromatic rings. The van der Waals surface area contributed by atoms with Crippen molar-refractivity contribution in [1.82, 2.24) is 25.0 Å². The van der Waals surface area contributed by atoms with E-state index in [2.05, 4.69) is 30.3 Å². The summed E-state index contributed by atoms with van der Waals surface area (Å²) >= 11 is 2.95. The van der Waals surface area contributed by atoms with E-state index >= 15 is 0 Å². The van der Waals surface area contributed by atoms with Crippen LogP contribution < -0.4 is 5.32 Å². The van der Waals surface area contributed by atoms with Crippen LogP contribution in [0.5, 0.6) is 0 Å². The maximum absolute atomic E-state index is 12.3. The maximum atomic E-state index is 12.3. The van der Waals surface area contributed by atoms with Gasteiger partial charge in [0, 0.05) is 18.9 Å². The third-order valence-corrected chi connectivity index (χ3v) is 7.83. The summed E-state index contributed by atoms with van der Waals surface area (Å²) in [7, 11) is 2.01. The van der Waals surface area contributed by atoms with Crippen LogP contribution in [-0.4, -0.2) is 36.6 Å². The van der Waals surface area contributed by atoms with E-state index in [0.717, 1.165) is 16.0 Å². The van der Waals surface area contributed by atoms with Gasteiger partial charge in [-0.15, -0.1) is 20.4 Å². The second-order valence-corrected chi connectivity index (χ2v) is 9.80. The molecule has 2 fully saturated rings. The smallest absolute Gasteiger partial charge is 0.236 e. The lowest BCUT2D eigenvalue weighted by Gasteiger charge is -2.20. The lowest BCUT2D eigenvalue weighted by atomic mass is 9.89. The molecular formula is C19H28N6OS2. The number of amides is 1. The SMILES string of the molecule is Cn1c(SCC(=O)Nc2nnc(C3CCCCC3)s2)nnc1C1CCCCC1. The summed E-state index contributed by atoms with van der Waals surface area (Å²) in [5.74, 6) is 2.31. The highest BCUT2D eigenvalue weighted by Gasteiger charge is 2.23. The Hall–Kier alpha value is -1.48. The van der Waals surface area contributed by atoms with Crippen LogP contribution in [0.25, 0.3) is 0 Å². The first-order valence-electron chi connectivity index (χ1n) is 10.4. The number of hydrogen-bond donors (Lipinski definition) is 1. The fourth-order valence-corrected chi connectivity index (χ4v) is 5.90. The first-order valence-corrected chi connectivity index (χ1v) is 12.2. The van der Waals surface area contributed by atoms with Crippen molar-refractivity contribution < 1.29 is 4.79 Å². The lowest BCUT2D eigenvalue weighted by molar-refractivity contribution is -0.113. The molecule has 1 amide bonds. The fourth-order valence-electron chi connectivity index (χ4n) is 4.25. The number of carbonyl (C=O) groups excluding carboxylic acids is 1. The van der Waals surface area contributed by atoms with Crippen LogP contribution in [0, 0.1) is 0 Å². The minimum atomic E-state index is -0.0708. The van der Waals surface area contributed by atoms with Gasteiger partial charge >= 0.3 is 0 Å². The molecule has 2 aromatic heterocycles. The van der Waals surface area contributed by atoms with E-state index < -0.39 is 0 Å². The Kier molecular flexibility index (Phi) is 6.61. The van der Waals surface area contributed by atoms with Gasteiger partial charge in [0.05, 0.1) is 5.75 Å². The van der Waals surface area contributed by atoms with Crippen LogP contribution in [0.1, 0.15) is 86.9 Å². The first kappa shape index (κ1) is 19.8. The molecule has 2 aliphatic rings. The number of hydrogen-bond acceptors (Lipinski definition) is 7. The summed E-state index contributed by atoms with van der Waals surface area (Å²) in [5.41, 5.74) is 0. The number of thioether (sulfide) groups is 1. The first-order chi connectivity index (χ1) is 13.7. The number of aromatic nitrogens is 5. The lowest BCUT2D eigenvalue weighted by Crippen LogP contribution is -2.14. The van der Waals surface area contributed by atoms with Crippen LogP contribution in [0.2, 0.25) is 0 Å². The number of nitrogens with zero attached hydrogens (tertiary/aromatic N) is 5. The van der Waals surface area contributed by atoms with Gasteiger partial charge in [0.2, 0.25) is 11.0 Å². The normalized spacial score (nSPS) is 19.0. The molecule has 0 radical (unpaired) electrons. The second-order valence-electron chi connectivity index (χ2n) is 7.85. The van der Waals surface area contributed by atoms with E-state index in [1.165, 1.54) is 87.3 Å². The Balaban J connectivity index is 1.29. The Labute approximate surface area is 174 Å². The maximum Gasteiger partial charge on any atom is 0.236 e. The molecule has 0 aromatic carbocycles. The molecule has 0 saturated heterocycles. The molecular weight excluding hydrogens is 392 g/mol. The van der Waals surface area contributed by atoms with Gasteiger partial charge in [-0.1, -0.05) is 61.6 Å². The Morgan fingerprint density at radius 3 is 2.39 bits per heavy atom. The monoisotopic (exact) mass is 420 g/mol. The third kappa shape index (κ3) is 4.74. The van der Waals surface area contributed by atoms with Crippen LogP contribution in [-0.2, 0) is 11.8 Å². The van der Waals surface area contributed by atoms with Gasteiger partial charge in [-0.25, -0.2) is 0 Å². The topological polar surface area (TPSA) is 85.6 Å². The second kappa shape index (κ2) is 9.35. The molecule has 0 bridgehead atoms. The van der Waals surface area contributed by atoms with E-state index in [-0.39, 0.29) is 5.91 Å². The molecule has 0 atom stereocenters. The van der Waals surface area contributed by atoms with Crippen molar-refractivity contribution in [3.63, 3.8) is 0 Å². The Morgan fingerprint density at radius 2 is 1.68 bits per heavy atom. The molecule has 28 heavy (non-hydrogen) atoms. The van der Waals surface area contributed by atoms with Crippen LogP contribution in [0.15, 0.2) is 5.16 Å². The number of anilines is 1. The van der Waals surface area contributed by atoms with Gasteiger partial charge in [-0.2, -0.15) is 0 Å². The van der Waals surface area contributed by atoms with Gasteiger partial charge < -0.3 is 4.57 Å². The number of carbonyl (C=O) groups is 1. The zero-order valence-electron chi connectivity index (χ0n) is 16.4. The number of nitrogens with one attached hydrogen (secondary N) is 1. The predicted octanol–water partition coefficient (Wildman–Crippen LogP) is 4.49. The standard InChI is InChI=1S/C19H28N6OS2/c1-25-16(13-8-4-2-5-9-13)21-24-19(25)27-12-15(26)20-18-23-22-17(28-18)14-10-6-3-7-11-14/h13-14H,2-12H2,1H3,(H,20,23,26). The molecule has 2 heterocycles. The molecule has 2 saturated carbocycles. The summed E-state index contributed by atoms with van der Waals surface area (Å²) in [6.07, 6.45) is 12.5. The van der Waals surface area contributed by atoms with Gasteiger partial charge in [0.15, 0.2) is 5.16 Å². The summed E-state index contributed by atoms with van der Waals surface area (Å²) in [5, 5.41) is 22.5. The van der Waals surface area contributed by atoms with Gasteiger partial charge in [0.25, 0.3) is 0 Å². The Morgan fingerprint density at radius 1 is 1.00 bits per heavy atom. The van der Waals surface area contributed by atoms with Crippen molar-refractivity contribution in [2.24, 2.45) is 7.05 Å². The zero-order valence-corrected chi connectivity index (χ0v) is 18.0. The predicted molar refractivity (Wildman–Crippen MR) is 112 cm³/mol. The van der Waals surface area contributed by atoms with Crippen LogP contribution in [0.4, 0.5) is 5.13 Å². The zero-order chi connectivity index (χ0) is 19.3. The molecule has 4 rings (SSSR count). The summed E-state index contributed by atoms with van der Waals surface area (Å²) in [6, 6.07) is 0. The average Bonchev–Trinajstić information content (AvgIpc) is 3.34. The summed E-state index contributed by atoms with van der Waals surface area (Å²) in [4.78, 5) is 12.3. The largest absolute Gasteiger partial charge is 0.309 e. The highest BCUT2D eigenvalue weighted by Crippen LogP contribution is 2.35. The average molecular weight is 421 g/mol.